The van der Waals surface area contributed by atoms with Gasteiger partial charge in [-0.1, -0.05) is 321 Å². The first kappa shape index (κ1) is 75.9. The summed E-state index contributed by atoms with van der Waals surface area (Å²) in [6, 6.07) is 18.3. The summed E-state index contributed by atoms with van der Waals surface area (Å²) in [4.78, 5) is -0.252. The fraction of sp³-hybridized carbons (Fsp3) is 0.722. The third kappa shape index (κ3) is 35.3. The van der Waals surface area contributed by atoms with Gasteiger partial charge >= 0.3 is 48.9 Å². The molecule has 456 valence electrons. The summed E-state index contributed by atoms with van der Waals surface area (Å²) < 4.78 is 69.5. The van der Waals surface area contributed by atoms with Gasteiger partial charge in [-0.2, -0.15) is 0 Å². The zero-order chi connectivity index (χ0) is 57.8. The second kappa shape index (κ2) is 48.9. The molecule has 0 atom stereocenters. The molecule has 0 aromatic heterocycles. The van der Waals surface area contributed by atoms with E-state index in [-0.39, 0.29) is 58.7 Å². The number of fused-ring (bicyclic) bond motifs is 2. The van der Waals surface area contributed by atoms with Gasteiger partial charge in [-0.25, -0.2) is 16.8 Å². The van der Waals surface area contributed by atoms with Crippen molar-refractivity contribution in [2.24, 2.45) is 0 Å². The Morgan fingerprint density at radius 2 is 0.481 bits per heavy atom. The van der Waals surface area contributed by atoms with Crippen molar-refractivity contribution in [3.05, 3.63) is 82.9 Å². The Bertz CT molecular complexity index is 2230. The molecule has 4 rings (SSSR count). The molecule has 6 nitrogen and oxygen atoms in total. The van der Waals surface area contributed by atoms with E-state index in [1.54, 1.807) is 12.1 Å². The van der Waals surface area contributed by atoms with Gasteiger partial charge in [-0.15, -0.1) is 0 Å². The van der Waals surface area contributed by atoms with Crippen molar-refractivity contribution in [1.82, 2.24) is 0 Å². The number of aryl methyl sites for hydroxylation is 4. The van der Waals surface area contributed by atoms with Gasteiger partial charge in [0, 0.05) is 0 Å². The SMILES string of the molecule is CCCCCCCCCCCCCc1ccc2cc(S(=O)(=O)[O-])ccc2c1CCCCCCCCCCCCC.CCCCCCCCCCCCCc1ccc2cc(S(=O)(=O)[O-])ccc2c1CCCCCCCCCCCCC.[Ba+2]. The Morgan fingerprint density at radius 3 is 0.704 bits per heavy atom. The molecule has 0 fully saturated rings. The number of hydrogen-bond donors (Lipinski definition) is 0. The van der Waals surface area contributed by atoms with E-state index in [1.165, 1.54) is 317 Å². The molecule has 0 unspecified atom stereocenters. The molecule has 0 radical (unpaired) electrons. The van der Waals surface area contributed by atoms with Crippen molar-refractivity contribution in [1.29, 1.82) is 0 Å². The normalized spacial score (nSPS) is 11.8. The summed E-state index contributed by atoms with van der Waals surface area (Å²) in [6.45, 7) is 9.09. The van der Waals surface area contributed by atoms with Crippen LogP contribution in [0.2, 0.25) is 0 Å². The molecular weight excluding hydrogens is 1160 g/mol. The minimum absolute atomic E-state index is 0. The summed E-state index contributed by atoms with van der Waals surface area (Å²) in [5, 5.41) is 4.00. The van der Waals surface area contributed by atoms with Gasteiger partial charge < -0.3 is 9.11 Å². The fourth-order valence-corrected chi connectivity index (χ4v) is 13.1. The van der Waals surface area contributed by atoms with Crippen LogP contribution >= 0.6 is 0 Å². The van der Waals surface area contributed by atoms with Gasteiger partial charge in [0.1, 0.15) is 20.2 Å². The van der Waals surface area contributed by atoms with Crippen LogP contribution in [0, 0.1) is 0 Å². The van der Waals surface area contributed by atoms with Crippen molar-refractivity contribution in [3.63, 3.8) is 0 Å². The number of unbranched alkanes of at least 4 members (excludes halogenated alkanes) is 40. The smallest absolute Gasteiger partial charge is 0.744 e. The third-order valence-corrected chi connectivity index (χ3v) is 18.8. The molecule has 0 amide bonds. The monoisotopic (exact) mass is 1280 g/mol. The van der Waals surface area contributed by atoms with E-state index in [0.717, 1.165) is 47.2 Å². The first-order chi connectivity index (χ1) is 38.9. The molecule has 0 aliphatic carbocycles. The summed E-state index contributed by atoms with van der Waals surface area (Å²) in [5.41, 5.74) is 5.56. The average Bonchev–Trinajstić information content (AvgIpc) is 3.54. The maximum atomic E-state index is 11.6. The van der Waals surface area contributed by atoms with E-state index < -0.39 is 20.2 Å². The predicted octanol–water partition coefficient (Wildman–Crippen LogP) is 22.5. The topological polar surface area (TPSA) is 114 Å². The van der Waals surface area contributed by atoms with Crippen molar-refractivity contribution < 1.29 is 25.9 Å². The molecule has 0 bridgehead atoms. The maximum absolute atomic E-state index is 11.6. The summed E-state index contributed by atoms with van der Waals surface area (Å²) in [7, 11) is -8.88. The van der Waals surface area contributed by atoms with Crippen LogP contribution < -0.4 is 0 Å². The fourth-order valence-electron chi connectivity index (χ4n) is 12.1. The second-order valence-corrected chi connectivity index (χ2v) is 27.0. The van der Waals surface area contributed by atoms with E-state index in [0.29, 0.717) is 0 Å². The Labute approximate surface area is 540 Å². The molecule has 0 aliphatic rings. The standard InChI is InChI=1S/2C36H60O3S.Ba/c2*1-3-5-7-9-11-13-15-17-19-21-23-25-32-27-28-33-31-34(40(37,38)39)29-30-36(33)35(32)26-24-22-20-18-16-14-12-10-8-6-4-2;/h2*27-31H,3-26H2,1-2H3,(H,37,38,39);/q;;+2/p-2. The molecular formula is C72H118BaO6S2. The summed E-state index contributed by atoms with van der Waals surface area (Å²) >= 11 is 0. The molecule has 0 saturated carbocycles. The van der Waals surface area contributed by atoms with E-state index in [2.05, 4.69) is 39.8 Å². The van der Waals surface area contributed by atoms with Crippen LogP contribution in [-0.2, 0) is 45.9 Å². The van der Waals surface area contributed by atoms with E-state index in [1.807, 2.05) is 24.3 Å². The minimum Gasteiger partial charge on any atom is -0.744 e. The number of benzene rings is 4. The van der Waals surface area contributed by atoms with E-state index in [9.17, 15) is 25.9 Å². The Morgan fingerprint density at radius 1 is 0.272 bits per heavy atom. The van der Waals surface area contributed by atoms with Crippen LogP contribution in [-0.4, -0.2) is 74.8 Å². The molecule has 81 heavy (non-hydrogen) atoms. The quantitative estimate of drug-likeness (QED) is 0.0247. The van der Waals surface area contributed by atoms with Crippen LogP contribution in [0.15, 0.2) is 70.5 Å². The van der Waals surface area contributed by atoms with E-state index >= 15 is 0 Å². The second-order valence-electron chi connectivity index (χ2n) is 24.2. The molecule has 0 spiro atoms. The van der Waals surface area contributed by atoms with Gasteiger partial charge in [0.05, 0.1) is 9.79 Å². The van der Waals surface area contributed by atoms with Crippen molar-refractivity contribution in [2.75, 3.05) is 0 Å². The third-order valence-electron chi connectivity index (χ3n) is 17.1. The molecule has 9 heteroatoms. The minimum atomic E-state index is -4.44. The number of rotatable bonds is 50. The van der Waals surface area contributed by atoms with Gasteiger partial charge in [0.15, 0.2) is 0 Å². The Balaban J connectivity index is 0.000000547. The maximum Gasteiger partial charge on any atom is 2.00 e. The van der Waals surface area contributed by atoms with Crippen LogP contribution in [0.5, 0.6) is 0 Å². The van der Waals surface area contributed by atoms with Crippen LogP contribution in [0.3, 0.4) is 0 Å². The number of hydrogen-bond acceptors (Lipinski definition) is 6. The molecule has 0 saturated heterocycles. The van der Waals surface area contributed by atoms with Gasteiger partial charge in [-0.3, -0.25) is 0 Å². The largest absolute Gasteiger partial charge is 2.00 e. The Kier molecular flexibility index (Phi) is 45.8. The molecule has 0 heterocycles. The Hall–Kier alpha value is -1.21. The first-order valence-electron chi connectivity index (χ1n) is 33.9. The predicted molar refractivity (Wildman–Crippen MR) is 350 cm³/mol. The van der Waals surface area contributed by atoms with Crippen LogP contribution in [0.1, 0.15) is 332 Å². The molecule has 0 N–H and O–H groups in total. The first-order valence-corrected chi connectivity index (χ1v) is 36.8. The van der Waals surface area contributed by atoms with Crippen molar-refractivity contribution >= 4 is 90.7 Å². The zero-order valence-electron chi connectivity index (χ0n) is 52.7. The van der Waals surface area contributed by atoms with Crippen LogP contribution in [0.25, 0.3) is 21.5 Å². The van der Waals surface area contributed by atoms with E-state index in [4.69, 9.17) is 0 Å². The molecule has 0 aliphatic heterocycles. The van der Waals surface area contributed by atoms with Gasteiger partial charge in [-0.05, 0) is 119 Å². The van der Waals surface area contributed by atoms with Crippen LogP contribution in [0.4, 0.5) is 0 Å². The van der Waals surface area contributed by atoms with Gasteiger partial charge in [0.25, 0.3) is 0 Å². The zero-order valence-corrected chi connectivity index (χ0v) is 58.8. The van der Waals surface area contributed by atoms with Crippen molar-refractivity contribution in [3.8, 4) is 0 Å². The van der Waals surface area contributed by atoms with Gasteiger partial charge in [0.2, 0.25) is 0 Å². The molecule has 4 aromatic carbocycles. The summed E-state index contributed by atoms with van der Waals surface area (Å²) in [5.74, 6) is 0. The summed E-state index contributed by atoms with van der Waals surface area (Å²) in [6.07, 6.45) is 63.2. The average molecular weight is 1280 g/mol. The molecule has 4 aromatic rings. The van der Waals surface area contributed by atoms with Crippen molar-refractivity contribution in [2.45, 2.75) is 346 Å².